The molecule has 2 heterocycles. The van der Waals surface area contributed by atoms with Crippen molar-refractivity contribution in [3.8, 4) is 11.1 Å². The Balaban J connectivity index is 1.93. The molecule has 1 aliphatic heterocycles. The van der Waals surface area contributed by atoms with Gasteiger partial charge in [0.1, 0.15) is 0 Å². The molecule has 0 atom stereocenters. The third-order valence-corrected chi connectivity index (χ3v) is 4.83. The van der Waals surface area contributed by atoms with Gasteiger partial charge < -0.3 is 4.57 Å². The Morgan fingerprint density at radius 1 is 0.714 bits per heavy atom. The smallest absolute Gasteiger partial charge is 0.193 e. The van der Waals surface area contributed by atoms with Crippen LogP contribution in [0.5, 0.6) is 0 Å². The topological polar surface area (TPSA) is 4.93 Å². The van der Waals surface area contributed by atoms with Gasteiger partial charge in [0.2, 0.25) is 0 Å². The van der Waals surface area contributed by atoms with E-state index in [-0.39, 0.29) is 0 Å². The normalized spacial score (nSPS) is 12.4. The molecule has 1 aromatic heterocycles. The van der Waals surface area contributed by atoms with E-state index in [2.05, 4.69) is 72.3 Å². The molecule has 98 valence electrons. The fourth-order valence-electron chi connectivity index (χ4n) is 3.79. The predicted octanol–water partition coefficient (Wildman–Crippen LogP) is 2.70. The maximum absolute atomic E-state index is 2.40. The molecule has 21 heavy (non-hydrogen) atoms. The van der Waals surface area contributed by atoms with Gasteiger partial charge in [-0.2, -0.15) is 0 Å². The molecule has 4 aromatic rings. The van der Waals surface area contributed by atoms with E-state index in [1.807, 2.05) is 0 Å². The summed E-state index contributed by atoms with van der Waals surface area (Å²) in [6.07, 6.45) is 0. The lowest BCUT2D eigenvalue weighted by Crippen LogP contribution is -2.20. The van der Waals surface area contributed by atoms with Crippen LogP contribution in [0.1, 0.15) is 0 Å². The van der Waals surface area contributed by atoms with Crippen molar-refractivity contribution in [2.45, 2.75) is 0 Å². The van der Waals surface area contributed by atoms with E-state index in [0.29, 0.717) is 0 Å². The molecule has 1 nitrogen and oxygen atoms in total. The van der Waals surface area contributed by atoms with Crippen LogP contribution in [0.25, 0.3) is 32.9 Å². The van der Waals surface area contributed by atoms with E-state index in [9.17, 15) is 0 Å². The molecule has 5 rings (SSSR count). The quantitative estimate of drug-likeness (QED) is 0.380. The van der Waals surface area contributed by atoms with Crippen molar-refractivity contribution in [2.75, 3.05) is 0 Å². The van der Waals surface area contributed by atoms with E-state index < -0.39 is 0 Å². The van der Waals surface area contributed by atoms with Crippen molar-refractivity contribution in [1.82, 2.24) is 4.57 Å². The fraction of sp³-hybridized carbons (Fsp3) is 0.0526. The van der Waals surface area contributed by atoms with Gasteiger partial charge in [0.25, 0.3) is 0 Å². The van der Waals surface area contributed by atoms with Crippen molar-refractivity contribution in [1.29, 1.82) is 0 Å². The highest BCUT2D eigenvalue weighted by Gasteiger charge is 2.21. The molecule has 2 heteroatoms. The Labute approximate surface area is 124 Å². The summed E-state index contributed by atoms with van der Waals surface area (Å²) in [5.41, 5.74) is 8.35. The first-order chi connectivity index (χ1) is 10.3. The standard InChI is InChI=1S/C19H14BN/c1-21-18-9-5-3-7-13(18)15-10-17-14(11-19(15)21)12-6-2-4-8-16(12)20-17/h2-11,20H,1H3. The van der Waals surface area contributed by atoms with Crippen molar-refractivity contribution < 1.29 is 0 Å². The van der Waals surface area contributed by atoms with Gasteiger partial charge >= 0.3 is 0 Å². The first-order valence-electron chi connectivity index (χ1n) is 7.41. The van der Waals surface area contributed by atoms with E-state index in [1.54, 1.807) is 0 Å². The summed E-state index contributed by atoms with van der Waals surface area (Å²) in [6, 6.07) is 22.2. The van der Waals surface area contributed by atoms with E-state index in [4.69, 9.17) is 0 Å². The number of benzene rings is 3. The lowest BCUT2D eigenvalue weighted by Gasteiger charge is -2.04. The monoisotopic (exact) mass is 267 g/mol. The molecular weight excluding hydrogens is 253 g/mol. The van der Waals surface area contributed by atoms with Gasteiger partial charge in [-0.25, -0.2) is 0 Å². The van der Waals surface area contributed by atoms with Crippen LogP contribution in [0.3, 0.4) is 0 Å². The molecule has 0 bridgehead atoms. The zero-order valence-electron chi connectivity index (χ0n) is 11.9. The number of fused-ring (bicyclic) bond motifs is 6. The minimum Gasteiger partial charge on any atom is -0.344 e. The predicted molar refractivity (Wildman–Crippen MR) is 92.3 cm³/mol. The number of nitrogens with zero attached hydrogens (tertiary/aromatic N) is 1. The van der Waals surface area contributed by atoms with E-state index >= 15 is 0 Å². The summed E-state index contributed by atoms with van der Waals surface area (Å²) in [6.45, 7) is 0. The van der Waals surface area contributed by atoms with Crippen LogP contribution in [-0.4, -0.2) is 11.8 Å². The zero-order valence-corrected chi connectivity index (χ0v) is 11.9. The Bertz CT molecular complexity index is 1030. The van der Waals surface area contributed by atoms with Crippen LogP contribution in [0, 0.1) is 0 Å². The van der Waals surface area contributed by atoms with Gasteiger partial charge in [-0.1, -0.05) is 59.5 Å². The molecule has 1 aliphatic rings. The summed E-state index contributed by atoms with van der Waals surface area (Å²) in [4.78, 5) is 0. The summed E-state index contributed by atoms with van der Waals surface area (Å²) >= 11 is 0. The van der Waals surface area contributed by atoms with E-state index in [1.165, 1.54) is 43.9 Å². The van der Waals surface area contributed by atoms with Gasteiger partial charge in [-0.05, 0) is 23.3 Å². The number of hydrogen-bond acceptors (Lipinski definition) is 0. The zero-order chi connectivity index (χ0) is 14.0. The lowest BCUT2D eigenvalue weighted by molar-refractivity contribution is 1.01. The van der Waals surface area contributed by atoms with Gasteiger partial charge in [0.15, 0.2) is 7.28 Å². The summed E-state index contributed by atoms with van der Waals surface area (Å²) in [7, 11) is 3.22. The molecule has 0 radical (unpaired) electrons. The minimum atomic E-state index is 1.06. The molecule has 0 unspecified atom stereocenters. The average molecular weight is 267 g/mol. The minimum absolute atomic E-state index is 1.06. The summed E-state index contributed by atoms with van der Waals surface area (Å²) in [5, 5.41) is 2.73. The van der Waals surface area contributed by atoms with Crippen LogP contribution in [-0.2, 0) is 7.05 Å². The van der Waals surface area contributed by atoms with Crippen LogP contribution < -0.4 is 10.9 Å². The van der Waals surface area contributed by atoms with Gasteiger partial charge in [0.05, 0.1) is 0 Å². The first kappa shape index (κ1) is 11.2. The molecule has 0 saturated carbocycles. The second-order valence-electron chi connectivity index (χ2n) is 5.94. The third kappa shape index (κ3) is 1.37. The Kier molecular flexibility index (Phi) is 2.02. The Hall–Kier alpha value is -2.48. The van der Waals surface area contributed by atoms with Crippen LogP contribution >= 0.6 is 0 Å². The highest BCUT2D eigenvalue weighted by Crippen LogP contribution is 2.31. The molecule has 0 aliphatic carbocycles. The lowest BCUT2D eigenvalue weighted by atomic mass is 9.68. The highest BCUT2D eigenvalue weighted by atomic mass is 14.9. The molecule has 0 fully saturated rings. The van der Waals surface area contributed by atoms with Crippen LogP contribution in [0.2, 0.25) is 0 Å². The van der Waals surface area contributed by atoms with Crippen LogP contribution in [0.15, 0.2) is 60.7 Å². The molecule has 0 N–H and O–H groups in total. The van der Waals surface area contributed by atoms with Gasteiger partial charge in [-0.15, -0.1) is 0 Å². The number of aryl methyl sites for hydroxylation is 1. The second-order valence-corrected chi connectivity index (χ2v) is 5.94. The number of para-hydroxylation sites is 1. The third-order valence-electron chi connectivity index (χ3n) is 4.83. The first-order valence-corrected chi connectivity index (χ1v) is 7.41. The molecule has 3 aromatic carbocycles. The Morgan fingerprint density at radius 2 is 1.52 bits per heavy atom. The number of rotatable bonds is 0. The van der Waals surface area contributed by atoms with Crippen LogP contribution in [0.4, 0.5) is 0 Å². The fourth-order valence-corrected chi connectivity index (χ4v) is 3.79. The maximum Gasteiger partial charge on any atom is 0.193 e. The Morgan fingerprint density at radius 3 is 2.48 bits per heavy atom. The number of aromatic nitrogens is 1. The molecular formula is C19H14BN. The van der Waals surface area contributed by atoms with Crippen molar-refractivity contribution >= 4 is 40.0 Å². The largest absolute Gasteiger partial charge is 0.344 e. The van der Waals surface area contributed by atoms with Gasteiger partial charge in [0, 0.05) is 28.9 Å². The van der Waals surface area contributed by atoms with Crippen molar-refractivity contribution in [3.63, 3.8) is 0 Å². The van der Waals surface area contributed by atoms with Crippen molar-refractivity contribution in [2.24, 2.45) is 7.05 Å². The van der Waals surface area contributed by atoms with Gasteiger partial charge in [-0.3, -0.25) is 0 Å². The molecule has 0 amide bonds. The summed E-state index contributed by atoms with van der Waals surface area (Å²) < 4.78 is 2.31. The highest BCUT2D eigenvalue weighted by molar-refractivity contribution is 6.73. The molecule has 0 saturated heterocycles. The van der Waals surface area contributed by atoms with E-state index in [0.717, 1.165) is 7.28 Å². The SMILES string of the molecule is Cn1c2ccccc2c2cc3c(cc21)-c1ccccc1B3. The number of hydrogen-bond donors (Lipinski definition) is 0. The van der Waals surface area contributed by atoms with Crippen molar-refractivity contribution in [3.05, 3.63) is 60.7 Å². The average Bonchev–Trinajstić information content (AvgIpc) is 3.02. The summed E-state index contributed by atoms with van der Waals surface area (Å²) in [5.74, 6) is 0. The maximum atomic E-state index is 2.40. The molecule has 0 spiro atoms. The second kappa shape index (κ2) is 3.79.